The van der Waals surface area contributed by atoms with Crippen molar-refractivity contribution in [2.24, 2.45) is 0 Å². The van der Waals surface area contributed by atoms with Gasteiger partial charge in [0.05, 0.1) is 0 Å². The normalized spacial score (nSPS) is 13.6. The molecule has 0 aliphatic carbocycles. The summed E-state index contributed by atoms with van der Waals surface area (Å²) >= 11 is 4.11. The summed E-state index contributed by atoms with van der Waals surface area (Å²) in [5, 5.41) is 0. The minimum atomic E-state index is 0.0431. The van der Waals surface area contributed by atoms with Gasteiger partial charge in [-0.1, -0.05) is 6.92 Å². The predicted octanol–water partition coefficient (Wildman–Crippen LogP) is 0.746. The lowest BCUT2D eigenvalue weighted by atomic mass is 10.3. The first-order chi connectivity index (χ1) is 5.35. The van der Waals surface area contributed by atoms with Crippen LogP contribution in [0.2, 0.25) is 0 Å². The number of hydrogen-bond donors (Lipinski definition) is 1. The quantitative estimate of drug-likeness (QED) is 0.279. The van der Waals surface area contributed by atoms with Crippen molar-refractivity contribution < 1.29 is 9.16 Å². The molecule has 0 heterocycles. The number of rotatable bonds is 7. The maximum atomic E-state index is 5.42. The van der Waals surface area contributed by atoms with Crippen LogP contribution < -0.4 is 0 Å². The molecule has 0 bridgehead atoms. The number of unbranched alkanes of at least 4 members (excludes halogenated alkanes) is 1. The van der Waals surface area contributed by atoms with Crippen LogP contribution in [0.4, 0.5) is 0 Å². The zero-order valence-electron chi connectivity index (χ0n) is 7.38. The maximum absolute atomic E-state index is 5.42. The Morgan fingerprint density at radius 2 is 2.18 bits per heavy atom. The molecule has 0 saturated heterocycles. The smallest absolute Gasteiger partial charge is 0.149 e. The third-order valence-corrected chi connectivity index (χ3v) is 2.29. The van der Waals surface area contributed by atoms with Gasteiger partial charge in [0.2, 0.25) is 0 Å². The van der Waals surface area contributed by atoms with Crippen LogP contribution >= 0.6 is 12.6 Å². The third-order valence-electron chi connectivity index (χ3n) is 1.45. The summed E-state index contributed by atoms with van der Waals surface area (Å²) in [6, 6.07) is 0. The van der Waals surface area contributed by atoms with Crippen LogP contribution in [-0.4, -0.2) is 29.1 Å². The molecule has 0 N–H and O–H groups in total. The van der Waals surface area contributed by atoms with Crippen molar-refractivity contribution >= 4 is 23.1 Å². The van der Waals surface area contributed by atoms with E-state index >= 15 is 0 Å². The van der Waals surface area contributed by atoms with Crippen molar-refractivity contribution in [1.82, 2.24) is 0 Å². The van der Waals surface area contributed by atoms with E-state index in [1.165, 1.54) is 0 Å². The fourth-order valence-electron chi connectivity index (χ4n) is 0.781. The molecule has 0 aromatic rings. The van der Waals surface area contributed by atoms with Crippen molar-refractivity contribution in [1.29, 1.82) is 0 Å². The Hall–Kier alpha value is 0.487. The van der Waals surface area contributed by atoms with E-state index < -0.39 is 0 Å². The van der Waals surface area contributed by atoms with Gasteiger partial charge in [0.25, 0.3) is 0 Å². The standard InChI is InChI=1S/C7H18O2SSi/c1-2-7(9-11)8-5-3-4-6-10/h7,10H,2-6H2,1,11H3. The molecular weight excluding hydrogens is 176 g/mol. The van der Waals surface area contributed by atoms with E-state index in [1.807, 2.05) is 0 Å². The van der Waals surface area contributed by atoms with Crippen molar-refractivity contribution in [2.75, 3.05) is 12.4 Å². The highest BCUT2D eigenvalue weighted by Crippen LogP contribution is 2.00. The molecule has 68 valence electrons. The molecule has 0 aliphatic rings. The Morgan fingerprint density at radius 3 is 2.64 bits per heavy atom. The average molecular weight is 194 g/mol. The van der Waals surface area contributed by atoms with Gasteiger partial charge in [-0.15, -0.1) is 0 Å². The van der Waals surface area contributed by atoms with E-state index in [4.69, 9.17) is 9.16 Å². The van der Waals surface area contributed by atoms with E-state index in [2.05, 4.69) is 19.6 Å². The zero-order chi connectivity index (χ0) is 8.53. The van der Waals surface area contributed by atoms with Gasteiger partial charge in [-0.2, -0.15) is 12.6 Å². The lowest BCUT2D eigenvalue weighted by Gasteiger charge is -2.13. The molecule has 11 heavy (non-hydrogen) atoms. The van der Waals surface area contributed by atoms with E-state index in [1.54, 1.807) is 0 Å². The molecule has 0 rings (SSSR count). The van der Waals surface area contributed by atoms with E-state index in [-0.39, 0.29) is 6.29 Å². The van der Waals surface area contributed by atoms with Gasteiger partial charge < -0.3 is 9.16 Å². The van der Waals surface area contributed by atoms with Gasteiger partial charge >= 0.3 is 0 Å². The van der Waals surface area contributed by atoms with Crippen LogP contribution in [-0.2, 0) is 9.16 Å². The Kier molecular flexibility index (Phi) is 8.96. The second kappa shape index (κ2) is 8.58. The molecule has 0 fully saturated rings. The second-order valence-corrected chi connectivity index (χ2v) is 3.29. The molecule has 0 aromatic heterocycles. The summed E-state index contributed by atoms with van der Waals surface area (Å²) < 4.78 is 10.6. The first kappa shape index (κ1) is 11.5. The van der Waals surface area contributed by atoms with Gasteiger partial charge in [-0.25, -0.2) is 0 Å². The SMILES string of the molecule is CCC(O[SiH3])OCCCCS. The fourth-order valence-corrected chi connectivity index (χ4v) is 1.47. The summed E-state index contributed by atoms with van der Waals surface area (Å²) in [7, 11) is 0.761. The summed E-state index contributed by atoms with van der Waals surface area (Å²) in [5.74, 6) is 0.946. The van der Waals surface area contributed by atoms with Crippen LogP contribution in [0.1, 0.15) is 26.2 Å². The lowest BCUT2D eigenvalue weighted by molar-refractivity contribution is -0.0787. The molecule has 0 aromatic carbocycles. The molecule has 4 heteroatoms. The minimum absolute atomic E-state index is 0.0431. The summed E-state index contributed by atoms with van der Waals surface area (Å²) in [6.07, 6.45) is 3.21. The first-order valence-corrected chi connectivity index (χ1v) is 5.55. The van der Waals surface area contributed by atoms with Crippen LogP contribution in [0, 0.1) is 0 Å². The lowest BCUT2D eigenvalue weighted by Crippen LogP contribution is -2.15. The Balaban J connectivity index is 3.07. The largest absolute Gasteiger partial charge is 0.404 e. The highest BCUT2D eigenvalue weighted by molar-refractivity contribution is 7.80. The van der Waals surface area contributed by atoms with Gasteiger partial charge in [0.15, 0.2) is 0 Å². The molecule has 0 spiro atoms. The van der Waals surface area contributed by atoms with Gasteiger partial charge in [-0.3, -0.25) is 0 Å². The summed E-state index contributed by atoms with van der Waals surface area (Å²) in [5.41, 5.74) is 0. The minimum Gasteiger partial charge on any atom is -0.404 e. The molecule has 0 radical (unpaired) electrons. The monoisotopic (exact) mass is 194 g/mol. The van der Waals surface area contributed by atoms with E-state index in [0.29, 0.717) is 0 Å². The van der Waals surface area contributed by atoms with Crippen LogP contribution in [0.25, 0.3) is 0 Å². The van der Waals surface area contributed by atoms with Crippen LogP contribution in [0.5, 0.6) is 0 Å². The van der Waals surface area contributed by atoms with Crippen molar-refractivity contribution in [3.05, 3.63) is 0 Å². The molecular formula is C7H18O2SSi. The first-order valence-electron chi connectivity index (χ1n) is 4.10. The van der Waals surface area contributed by atoms with E-state index in [9.17, 15) is 0 Å². The van der Waals surface area contributed by atoms with E-state index in [0.717, 1.165) is 42.1 Å². The highest BCUT2D eigenvalue weighted by atomic mass is 32.1. The van der Waals surface area contributed by atoms with Gasteiger partial charge in [-0.05, 0) is 25.0 Å². The number of hydrogen-bond acceptors (Lipinski definition) is 3. The fraction of sp³-hybridized carbons (Fsp3) is 1.00. The van der Waals surface area contributed by atoms with Crippen molar-refractivity contribution in [3.8, 4) is 0 Å². The summed E-state index contributed by atoms with van der Waals surface area (Å²) in [6.45, 7) is 2.88. The summed E-state index contributed by atoms with van der Waals surface area (Å²) in [4.78, 5) is 0. The molecule has 1 atom stereocenters. The van der Waals surface area contributed by atoms with Crippen molar-refractivity contribution in [2.45, 2.75) is 32.5 Å². The predicted molar refractivity (Wildman–Crippen MR) is 54.1 cm³/mol. The van der Waals surface area contributed by atoms with Crippen LogP contribution in [0.15, 0.2) is 0 Å². The Bertz CT molecular complexity index is 78.8. The second-order valence-electron chi connectivity index (χ2n) is 2.38. The maximum Gasteiger partial charge on any atom is 0.149 e. The molecule has 0 saturated carbocycles. The third kappa shape index (κ3) is 6.87. The molecule has 1 unspecified atom stereocenters. The van der Waals surface area contributed by atoms with Gasteiger partial charge in [0.1, 0.15) is 16.8 Å². The van der Waals surface area contributed by atoms with Crippen LogP contribution in [0.3, 0.4) is 0 Å². The molecule has 0 amide bonds. The number of thiol groups is 1. The van der Waals surface area contributed by atoms with Gasteiger partial charge in [0, 0.05) is 6.61 Å². The topological polar surface area (TPSA) is 18.5 Å². The molecule has 2 nitrogen and oxygen atoms in total. The Morgan fingerprint density at radius 1 is 1.45 bits per heavy atom. The molecule has 0 aliphatic heterocycles. The zero-order valence-corrected chi connectivity index (χ0v) is 10.3. The number of ether oxygens (including phenoxy) is 1. The van der Waals surface area contributed by atoms with Crippen molar-refractivity contribution in [3.63, 3.8) is 0 Å². The average Bonchev–Trinajstić information content (AvgIpc) is 2.05. The highest BCUT2D eigenvalue weighted by Gasteiger charge is 2.01. The Labute approximate surface area is 77.6 Å².